The summed E-state index contributed by atoms with van der Waals surface area (Å²) in [6.07, 6.45) is 0. The zero-order chi connectivity index (χ0) is 8.97. The van der Waals surface area contributed by atoms with Crippen LogP contribution in [-0.4, -0.2) is 15.5 Å². The van der Waals surface area contributed by atoms with Crippen molar-refractivity contribution in [3.63, 3.8) is 0 Å². The van der Waals surface area contributed by atoms with Gasteiger partial charge in [-0.2, -0.15) is 0 Å². The van der Waals surface area contributed by atoms with Gasteiger partial charge in [0.1, 0.15) is 5.44 Å². The van der Waals surface area contributed by atoms with E-state index in [1.54, 1.807) is 24.3 Å². The van der Waals surface area contributed by atoms with Crippen LogP contribution < -0.4 is 0 Å². The molecule has 0 radical (unpaired) electrons. The van der Waals surface area contributed by atoms with E-state index in [4.69, 9.17) is 5.11 Å². The first kappa shape index (κ1) is 9.09. The molecule has 0 bridgehead atoms. The molecule has 0 amide bonds. The lowest BCUT2D eigenvalue weighted by Gasteiger charge is -2.05. The zero-order valence-electron chi connectivity index (χ0n) is 6.18. The van der Waals surface area contributed by atoms with Crippen molar-refractivity contribution in [2.75, 3.05) is 0 Å². The highest BCUT2D eigenvalue weighted by molar-refractivity contribution is 8.13. The van der Waals surface area contributed by atoms with Crippen molar-refractivity contribution >= 4 is 17.1 Å². The Morgan fingerprint density at radius 3 is 2.42 bits per heavy atom. The molecule has 1 aromatic rings. The van der Waals surface area contributed by atoms with Crippen molar-refractivity contribution in [3.05, 3.63) is 35.9 Å². The summed E-state index contributed by atoms with van der Waals surface area (Å²) in [4.78, 5) is 10.2. The zero-order valence-corrected chi connectivity index (χ0v) is 6.99. The lowest BCUT2D eigenvalue weighted by molar-refractivity contribution is 0.219. The fraction of sp³-hybridized carbons (Fsp3) is 0.125. The predicted molar refractivity (Wildman–Crippen MR) is 47.0 cm³/mol. The molecule has 0 aliphatic carbocycles. The number of aliphatic hydroxyl groups is 1. The van der Waals surface area contributed by atoms with E-state index in [2.05, 4.69) is 0 Å². The van der Waals surface area contributed by atoms with E-state index >= 15 is 0 Å². The Hall–Kier alpha value is -1.00. The van der Waals surface area contributed by atoms with E-state index < -0.39 is 10.7 Å². The van der Waals surface area contributed by atoms with Gasteiger partial charge in [-0.25, -0.2) is 4.79 Å². The summed E-state index contributed by atoms with van der Waals surface area (Å²) in [5, 5.41) is 16.5. The highest BCUT2D eigenvalue weighted by Gasteiger charge is 2.11. The highest BCUT2D eigenvalue weighted by atomic mass is 32.2. The second kappa shape index (κ2) is 4.13. The number of carbonyl (C=O) groups is 1. The fourth-order valence-electron chi connectivity index (χ4n) is 0.781. The second-order valence-corrected chi connectivity index (χ2v) is 3.18. The average molecular weight is 184 g/mol. The Balaban J connectivity index is 2.65. The van der Waals surface area contributed by atoms with Crippen LogP contribution in [0.1, 0.15) is 11.0 Å². The Morgan fingerprint density at radius 2 is 1.92 bits per heavy atom. The van der Waals surface area contributed by atoms with Crippen molar-refractivity contribution in [1.82, 2.24) is 0 Å². The molecule has 0 aliphatic heterocycles. The summed E-state index contributed by atoms with van der Waals surface area (Å²) < 4.78 is 0. The van der Waals surface area contributed by atoms with E-state index in [0.717, 1.165) is 0 Å². The molecule has 64 valence electrons. The molecule has 0 saturated heterocycles. The fourth-order valence-corrected chi connectivity index (χ4v) is 1.27. The predicted octanol–water partition coefficient (Wildman–Crippen LogP) is 2.09. The van der Waals surface area contributed by atoms with Crippen molar-refractivity contribution < 1.29 is 15.0 Å². The van der Waals surface area contributed by atoms with Crippen LogP contribution in [0.5, 0.6) is 0 Å². The monoisotopic (exact) mass is 184 g/mol. The summed E-state index contributed by atoms with van der Waals surface area (Å²) in [5.74, 6) is 0. The molecule has 0 saturated carbocycles. The van der Waals surface area contributed by atoms with Crippen LogP contribution in [0.25, 0.3) is 0 Å². The van der Waals surface area contributed by atoms with Gasteiger partial charge < -0.3 is 10.2 Å². The van der Waals surface area contributed by atoms with Crippen molar-refractivity contribution in [3.8, 4) is 0 Å². The Labute approximate surface area is 74.0 Å². The van der Waals surface area contributed by atoms with Gasteiger partial charge in [0.2, 0.25) is 0 Å². The molecule has 1 rings (SSSR count). The third-order valence-electron chi connectivity index (χ3n) is 1.30. The maximum Gasteiger partial charge on any atom is 0.367 e. The standard InChI is InChI=1S/C8H8O3S/c9-7(12-8(10)11)6-4-2-1-3-5-6/h1-5,7,9H,(H,10,11). The Morgan fingerprint density at radius 1 is 1.33 bits per heavy atom. The van der Waals surface area contributed by atoms with Gasteiger partial charge in [0, 0.05) is 0 Å². The summed E-state index contributed by atoms with van der Waals surface area (Å²) in [6.45, 7) is 0. The minimum Gasteiger partial charge on any atom is -0.473 e. The average Bonchev–Trinajstić information content (AvgIpc) is 2.05. The number of hydrogen-bond acceptors (Lipinski definition) is 3. The van der Waals surface area contributed by atoms with Crippen molar-refractivity contribution in [2.24, 2.45) is 0 Å². The van der Waals surface area contributed by atoms with Gasteiger partial charge in [0.15, 0.2) is 0 Å². The molecule has 2 N–H and O–H groups in total. The van der Waals surface area contributed by atoms with E-state index in [9.17, 15) is 9.90 Å². The Kier molecular flexibility index (Phi) is 3.13. The summed E-state index contributed by atoms with van der Waals surface area (Å²) >= 11 is 0.480. The van der Waals surface area contributed by atoms with Gasteiger partial charge in [0.25, 0.3) is 0 Å². The van der Waals surface area contributed by atoms with Gasteiger partial charge in [-0.3, -0.25) is 0 Å². The molecule has 0 aromatic heterocycles. The second-order valence-electron chi connectivity index (χ2n) is 2.15. The topological polar surface area (TPSA) is 57.5 Å². The highest BCUT2D eigenvalue weighted by Crippen LogP contribution is 2.25. The quantitative estimate of drug-likeness (QED) is 0.691. The number of thioether (sulfide) groups is 1. The van der Waals surface area contributed by atoms with E-state index in [1.165, 1.54) is 0 Å². The third-order valence-corrected chi connectivity index (χ3v) is 1.99. The molecule has 0 heterocycles. The van der Waals surface area contributed by atoms with E-state index in [1.807, 2.05) is 6.07 Å². The van der Waals surface area contributed by atoms with Crippen LogP contribution in [0.4, 0.5) is 4.79 Å². The summed E-state index contributed by atoms with van der Waals surface area (Å²) in [5.41, 5.74) is -0.381. The SMILES string of the molecule is O=C(O)SC(O)c1ccccc1. The summed E-state index contributed by atoms with van der Waals surface area (Å²) in [6, 6.07) is 8.67. The summed E-state index contributed by atoms with van der Waals surface area (Å²) in [7, 11) is 0. The molecule has 1 atom stereocenters. The lowest BCUT2D eigenvalue weighted by atomic mass is 10.2. The van der Waals surface area contributed by atoms with Gasteiger partial charge in [-0.15, -0.1) is 0 Å². The van der Waals surface area contributed by atoms with Crippen molar-refractivity contribution in [2.45, 2.75) is 5.44 Å². The van der Waals surface area contributed by atoms with E-state index in [0.29, 0.717) is 17.3 Å². The number of aliphatic hydroxyl groups excluding tert-OH is 1. The third kappa shape index (κ3) is 2.56. The van der Waals surface area contributed by atoms with E-state index in [-0.39, 0.29) is 0 Å². The molecule has 12 heavy (non-hydrogen) atoms. The number of benzene rings is 1. The number of hydrogen-bond donors (Lipinski definition) is 2. The number of rotatable bonds is 2. The van der Waals surface area contributed by atoms with Gasteiger partial charge in [-0.05, 0) is 17.3 Å². The molecule has 1 aromatic carbocycles. The van der Waals surface area contributed by atoms with Crippen LogP contribution in [0, 0.1) is 0 Å². The largest absolute Gasteiger partial charge is 0.473 e. The smallest absolute Gasteiger partial charge is 0.367 e. The Bertz CT molecular complexity index is 260. The van der Waals surface area contributed by atoms with Crippen LogP contribution in [-0.2, 0) is 0 Å². The molecule has 0 aliphatic rings. The van der Waals surface area contributed by atoms with Gasteiger partial charge >= 0.3 is 5.30 Å². The molecule has 0 spiro atoms. The van der Waals surface area contributed by atoms with Crippen LogP contribution in [0.15, 0.2) is 30.3 Å². The lowest BCUT2D eigenvalue weighted by Crippen LogP contribution is -1.95. The first-order valence-corrected chi connectivity index (χ1v) is 4.20. The van der Waals surface area contributed by atoms with Gasteiger partial charge in [-0.1, -0.05) is 30.3 Å². The van der Waals surface area contributed by atoms with Gasteiger partial charge in [0.05, 0.1) is 0 Å². The first-order chi connectivity index (χ1) is 5.70. The van der Waals surface area contributed by atoms with Crippen LogP contribution >= 0.6 is 11.8 Å². The minimum atomic E-state index is -1.08. The molecule has 0 fully saturated rings. The van der Waals surface area contributed by atoms with Crippen molar-refractivity contribution in [1.29, 1.82) is 0 Å². The number of carboxylic acid groups (broad SMARTS) is 1. The first-order valence-electron chi connectivity index (χ1n) is 3.33. The maximum atomic E-state index is 10.2. The molecular weight excluding hydrogens is 176 g/mol. The molecular formula is C8H8O3S. The minimum absolute atomic E-state index is 0.480. The normalized spacial score (nSPS) is 12.4. The maximum absolute atomic E-state index is 10.2. The van der Waals surface area contributed by atoms with Crippen LogP contribution in [0.2, 0.25) is 0 Å². The molecule has 3 nitrogen and oxygen atoms in total. The molecule has 4 heteroatoms. The molecule has 1 unspecified atom stereocenters. The van der Waals surface area contributed by atoms with Crippen LogP contribution in [0.3, 0.4) is 0 Å².